The molecule has 0 bridgehead atoms. The fourth-order valence-electron chi connectivity index (χ4n) is 1.57. The number of rotatable bonds is 2. The van der Waals surface area contributed by atoms with E-state index in [4.69, 9.17) is 11.6 Å². The van der Waals surface area contributed by atoms with Crippen LogP contribution in [0, 0.1) is 5.41 Å². The van der Waals surface area contributed by atoms with Crippen LogP contribution in [-0.4, -0.2) is 0 Å². The normalized spacial score (nSPS) is 39.5. The molecule has 2 rings (SSSR count). The number of allylic oxidation sites excluding steroid dienone is 1. The summed E-state index contributed by atoms with van der Waals surface area (Å²) in [5.41, 5.74) is 0.111. The van der Waals surface area contributed by atoms with Gasteiger partial charge in [-0.3, -0.25) is 0 Å². The van der Waals surface area contributed by atoms with Crippen molar-refractivity contribution in [2.45, 2.75) is 18.2 Å². The number of alkyl halides is 1. The van der Waals surface area contributed by atoms with E-state index in [0.29, 0.717) is 0 Å². The number of halogens is 1. The predicted molar refractivity (Wildman–Crippen MR) is 54.8 cm³/mol. The van der Waals surface area contributed by atoms with Crippen LogP contribution in [0.2, 0.25) is 0 Å². The summed E-state index contributed by atoms with van der Waals surface area (Å²) in [6.07, 6.45) is 2.99. The second-order valence-electron chi connectivity index (χ2n) is 3.58. The van der Waals surface area contributed by atoms with Gasteiger partial charge in [0, 0.05) is 10.3 Å². The Hall–Kier alpha value is -0.270. The zero-order chi connectivity index (χ0) is 8.82. The molecular formula is C10H11ClS. The molecule has 0 saturated heterocycles. The smallest absolute Gasteiger partial charge is 0.0884 e. The van der Waals surface area contributed by atoms with E-state index < -0.39 is 0 Å². The molecule has 0 N–H and O–H groups in total. The second kappa shape index (κ2) is 2.36. The molecule has 0 spiro atoms. The highest BCUT2D eigenvalue weighted by molar-refractivity contribution is 7.10. The van der Waals surface area contributed by atoms with Crippen molar-refractivity contribution >= 4 is 22.9 Å². The molecule has 1 fully saturated rings. The van der Waals surface area contributed by atoms with Crippen LogP contribution in [-0.2, 0) is 4.87 Å². The van der Waals surface area contributed by atoms with Gasteiger partial charge in [-0.1, -0.05) is 19.1 Å². The third-order valence-electron chi connectivity index (χ3n) is 2.75. The Morgan fingerprint density at radius 1 is 1.75 bits per heavy atom. The minimum absolute atomic E-state index is 0.111. The Bertz CT molecular complexity index is 304. The summed E-state index contributed by atoms with van der Waals surface area (Å²) in [5, 5.41) is 2.07. The Kier molecular flexibility index (Phi) is 1.64. The van der Waals surface area contributed by atoms with Gasteiger partial charge in [-0.2, -0.15) is 0 Å². The van der Waals surface area contributed by atoms with E-state index in [1.54, 1.807) is 11.3 Å². The largest absolute Gasteiger partial charge is 0.147 e. The molecule has 1 aromatic rings. The number of thiophene rings is 1. The molecule has 1 aliphatic carbocycles. The molecule has 2 heteroatoms. The van der Waals surface area contributed by atoms with Crippen molar-refractivity contribution in [1.82, 2.24) is 0 Å². The van der Waals surface area contributed by atoms with Gasteiger partial charge in [0.15, 0.2) is 0 Å². The Morgan fingerprint density at radius 2 is 2.50 bits per heavy atom. The quantitative estimate of drug-likeness (QED) is 0.501. The fraction of sp³-hybridized carbons (Fsp3) is 0.400. The van der Waals surface area contributed by atoms with E-state index >= 15 is 0 Å². The summed E-state index contributed by atoms with van der Waals surface area (Å²) in [6.45, 7) is 5.98. The van der Waals surface area contributed by atoms with E-state index in [1.165, 1.54) is 4.88 Å². The first-order chi connectivity index (χ1) is 5.62. The van der Waals surface area contributed by atoms with Crippen molar-refractivity contribution in [2.24, 2.45) is 5.41 Å². The molecule has 0 aromatic carbocycles. The third kappa shape index (κ3) is 0.898. The molecule has 0 radical (unpaired) electrons. The SMILES string of the molecule is C=CC1(C)CC1(Cl)c1cccs1. The van der Waals surface area contributed by atoms with Gasteiger partial charge in [0.25, 0.3) is 0 Å². The first-order valence-corrected chi connectivity index (χ1v) is 5.25. The van der Waals surface area contributed by atoms with E-state index in [0.717, 1.165) is 6.42 Å². The van der Waals surface area contributed by atoms with Gasteiger partial charge in [0.1, 0.15) is 0 Å². The van der Waals surface area contributed by atoms with Gasteiger partial charge in [0.05, 0.1) is 4.87 Å². The van der Waals surface area contributed by atoms with Crippen molar-refractivity contribution in [3.8, 4) is 0 Å². The van der Waals surface area contributed by atoms with E-state index in [9.17, 15) is 0 Å². The van der Waals surface area contributed by atoms with Gasteiger partial charge >= 0.3 is 0 Å². The zero-order valence-corrected chi connectivity index (χ0v) is 8.58. The fourth-order valence-corrected chi connectivity index (χ4v) is 3.07. The van der Waals surface area contributed by atoms with Crippen molar-refractivity contribution in [2.75, 3.05) is 0 Å². The van der Waals surface area contributed by atoms with Gasteiger partial charge in [-0.05, 0) is 17.9 Å². The maximum Gasteiger partial charge on any atom is 0.0884 e. The predicted octanol–water partition coefficient (Wildman–Crippen LogP) is 3.78. The lowest BCUT2D eigenvalue weighted by Crippen LogP contribution is -2.04. The van der Waals surface area contributed by atoms with Crippen LogP contribution in [0.1, 0.15) is 18.2 Å². The highest BCUT2D eigenvalue weighted by Gasteiger charge is 2.63. The highest BCUT2D eigenvalue weighted by atomic mass is 35.5. The van der Waals surface area contributed by atoms with Gasteiger partial charge < -0.3 is 0 Å². The molecule has 0 nitrogen and oxygen atoms in total. The van der Waals surface area contributed by atoms with Crippen LogP contribution in [0.15, 0.2) is 30.2 Å². The number of hydrogen-bond acceptors (Lipinski definition) is 1. The first kappa shape index (κ1) is 8.33. The molecule has 1 heterocycles. The Labute approximate surface area is 81.9 Å². The molecule has 2 unspecified atom stereocenters. The summed E-state index contributed by atoms with van der Waals surface area (Å²) >= 11 is 8.19. The molecule has 1 saturated carbocycles. The van der Waals surface area contributed by atoms with Crippen molar-refractivity contribution in [1.29, 1.82) is 0 Å². The van der Waals surface area contributed by atoms with Crippen LogP contribution >= 0.6 is 22.9 Å². The summed E-state index contributed by atoms with van der Waals surface area (Å²) in [4.78, 5) is 1.12. The van der Waals surface area contributed by atoms with Gasteiger partial charge in [-0.25, -0.2) is 0 Å². The Morgan fingerprint density at radius 3 is 2.92 bits per heavy atom. The standard InChI is InChI=1S/C10H11ClS/c1-3-9(2)7-10(9,11)8-5-4-6-12-8/h3-6H,1,7H2,2H3. The maximum atomic E-state index is 6.46. The molecule has 64 valence electrons. The lowest BCUT2D eigenvalue weighted by Gasteiger charge is -2.10. The molecule has 1 aliphatic rings. The van der Waals surface area contributed by atoms with E-state index in [1.807, 2.05) is 12.1 Å². The van der Waals surface area contributed by atoms with Crippen molar-refractivity contribution in [3.63, 3.8) is 0 Å². The van der Waals surface area contributed by atoms with Crippen LogP contribution in [0.25, 0.3) is 0 Å². The minimum Gasteiger partial charge on any atom is -0.147 e. The maximum absolute atomic E-state index is 6.46. The highest BCUT2D eigenvalue weighted by Crippen LogP contribution is 2.68. The van der Waals surface area contributed by atoms with E-state index in [2.05, 4.69) is 24.9 Å². The third-order valence-corrected chi connectivity index (χ3v) is 4.67. The van der Waals surface area contributed by atoms with Crippen molar-refractivity contribution < 1.29 is 0 Å². The molecule has 0 aliphatic heterocycles. The summed E-state index contributed by atoms with van der Waals surface area (Å²) < 4.78 is 0. The molecule has 0 amide bonds. The first-order valence-electron chi connectivity index (χ1n) is 3.99. The lowest BCUT2D eigenvalue weighted by molar-refractivity contribution is 0.684. The topological polar surface area (TPSA) is 0 Å². The van der Waals surface area contributed by atoms with Crippen molar-refractivity contribution in [3.05, 3.63) is 35.0 Å². The van der Waals surface area contributed by atoms with Gasteiger partial charge in [-0.15, -0.1) is 29.5 Å². The Balaban J connectivity index is 2.34. The second-order valence-corrected chi connectivity index (χ2v) is 5.17. The molecule has 1 aromatic heterocycles. The van der Waals surface area contributed by atoms with Crippen LogP contribution in [0.4, 0.5) is 0 Å². The summed E-state index contributed by atoms with van der Waals surface area (Å²) in [7, 11) is 0. The lowest BCUT2D eigenvalue weighted by atomic mass is 10.1. The monoisotopic (exact) mass is 198 g/mol. The van der Waals surface area contributed by atoms with Crippen LogP contribution in [0.3, 0.4) is 0 Å². The zero-order valence-electron chi connectivity index (χ0n) is 7.01. The summed E-state index contributed by atoms with van der Waals surface area (Å²) in [6, 6.07) is 4.15. The molecular weight excluding hydrogens is 188 g/mol. The summed E-state index contributed by atoms with van der Waals surface area (Å²) in [5.74, 6) is 0. The van der Waals surface area contributed by atoms with Crippen LogP contribution in [0.5, 0.6) is 0 Å². The average Bonchev–Trinajstić information content (AvgIpc) is 2.56. The average molecular weight is 199 g/mol. The minimum atomic E-state index is -0.150. The van der Waals surface area contributed by atoms with Gasteiger partial charge in [0.2, 0.25) is 0 Å². The van der Waals surface area contributed by atoms with E-state index in [-0.39, 0.29) is 10.3 Å². The van der Waals surface area contributed by atoms with Crippen LogP contribution < -0.4 is 0 Å². The molecule has 12 heavy (non-hydrogen) atoms. The molecule has 2 atom stereocenters. The number of hydrogen-bond donors (Lipinski definition) is 0.